The van der Waals surface area contributed by atoms with E-state index in [0.29, 0.717) is 17.6 Å². The van der Waals surface area contributed by atoms with Gasteiger partial charge in [-0.05, 0) is 45.7 Å². The fourth-order valence-corrected chi connectivity index (χ4v) is 3.69. The molecule has 3 aromatic carbocycles. The molecule has 0 saturated carbocycles. The van der Waals surface area contributed by atoms with E-state index in [0.717, 1.165) is 27.8 Å². The molecule has 3 nitrogen and oxygen atoms in total. The van der Waals surface area contributed by atoms with E-state index in [1.165, 1.54) is 5.56 Å². The molecule has 28 heavy (non-hydrogen) atoms. The van der Waals surface area contributed by atoms with Crippen molar-refractivity contribution in [1.29, 1.82) is 0 Å². The smallest absolute Gasteiger partial charge is 0.449 e. The number of hydrogen-bond acceptors (Lipinski definition) is 2. The van der Waals surface area contributed by atoms with Gasteiger partial charge in [0.2, 0.25) is 0 Å². The number of carbonyl (C=O) groups is 1. The number of hydrogen-bond donors (Lipinski definition) is 1. The molecule has 0 aliphatic rings. The van der Waals surface area contributed by atoms with Crippen molar-refractivity contribution in [2.24, 2.45) is 0 Å². The van der Waals surface area contributed by atoms with Gasteiger partial charge in [-0.25, -0.2) is 4.79 Å². The normalized spacial score (nSPS) is 11.1. The van der Waals surface area contributed by atoms with Crippen LogP contribution in [0.3, 0.4) is 0 Å². The van der Waals surface area contributed by atoms with Crippen LogP contribution in [0, 0.1) is 0 Å². The van der Waals surface area contributed by atoms with E-state index in [1.54, 1.807) is 6.07 Å². The summed E-state index contributed by atoms with van der Waals surface area (Å²) in [6.07, 6.45) is -1.31. The molecule has 0 unspecified atom stereocenters. The SMILES string of the molecule is CC(C)c1ccccc1-c1cccc(OC(=O)O)c1-c1ccccc1C(C)C. The Hall–Kier alpha value is -3.07. The molecule has 3 rings (SSSR count). The van der Waals surface area contributed by atoms with Crippen molar-refractivity contribution in [3.63, 3.8) is 0 Å². The maximum Gasteiger partial charge on any atom is 0.511 e. The van der Waals surface area contributed by atoms with E-state index in [9.17, 15) is 9.90 Å². The Morgan fingerprint density at radius 1 is 0.714 bits per heavy atom. The summed E-state index contributed by atoms with van der Waals surface area (Å²) < 4.78 is 5.21. The quantitative estimate of drug-likeness (QED) is 0.376. The van der Waals surface area contributed by atoms with Gasteiger partial charge in [0, 0.05) is 5.56 Å². The van der Waals surface area contributed by atoms with Crippen LogP contribution in [-0.4, -0.2) is 11.3 Å². The first kappa shape index (κ1) is 19.7. The molecule has 0 aliphatic heterocycles. The minimum Gasteiger partial charge on any atom is -0.449 e. The maximum atomic E-state index is 11.4. The highest BCUT2D eigenvalue weighted by molar-refractivity contribution is 5.91. The Morgan fingerprint density at radius 3 is 1.79 bits per heavy atom. The summed E-state index contributed by atoms with van der Waals surface area (Å²) in [7, 11) is 0. The highest BCUT2D eigenvalue weighted by atomic mass is 16.7. The molecule has 0 heterocycles. The van der Waals surface area contributed by atoms with Gasteiger partial charge in [0.05, 0.1) is 0 Å². The first-order valence-electron chi connectivity index (χ1n) is 9.62. The Balaban J connectivity index is 2.37. The number of rotatable bonds is 5. The van der Waals surface area contributed by atoms with Crippen LogP contribution in [0.15, 0.2) is 66.7 Å². The van der Waals surface area contributed by atoms with Gasteiger partial charge >= 0.3 is 6.16 Å². The molecule has 0 atom stereocenters. The third kappa shape index (κ3) is 3.94. The average Bonchev–Trinajstić information content (AvgIpc) is 2.67. The lowest BCUT2D eigenvalue weighted by Crippen LogP contribution is -2.06. The van der Waals surface area contributed by atoms with Gasteiger partial charge in [0.1, 0.15) is 5.75 Å². The van der Waals surface area contributed by atoms with E-state index in [-0.39, 0.29) is 0 Å². The average molecular weight is 374 g/mol. The number of carboxylic acid groups (broad SMARTS) is 1. The van der Waals surface area contributed by atoms with Gasteiger partial charge in [-0.15, -0.1) is 0 Å². The van der Waals surface area contributed by atoms with E-state index < -0.39 is 6.16 Å². The Labute approximate surface area is 166 Å². The molecular weight excluding hydrogens is 348 g/mol. The molecule has 0 aromatic heterocycles. The molecule has 3 aromatic rings. The minimum absolute atomic E-state index is 0.294. The predicted molar refractivity (Wildman–Crippen MR) is 114 cm³/mol. The van der Waals surface area contributed by atoms with Crippen LogP contribution in [-0.2, 0) is 0 Å². The molecule has 0 aliphatic carbocycles. The van der Waals surface area contributed by atoms with Crippen molar-refractivity contribution < 1.29 is 14.6 Å². The lowest BCUT2D eigenvalue weighted by atomic mass is 9.85. The topological polar surface area (TPSA) is 46.5 Å². The second kappa shape index (κ2) is 8.30. The van der Waals surface area contributed by atoms with E-state index in [1.807, 2.05) is 42.5 Å². The third-order valence-electron chi connectivity index (χ3n) is 4.95. The minimum atomic E-state index is -1.31. The third-order valence-corrected chi connectivity index (χ3v) is 4.95. The summed E-state index contributed by atoms with van der Waals surface area (Å²) >= 11 is 0. The van der Waals surface area contributed by atoms with Crippen LogP contribution < -0.4 is 4.74 Å². The summed E-state index contributed by atoms with van der Waals surface area (Å²) in [5.74, 6) is 0.993. The lowest BCUT2D eigenvalue weighted by molar-refractivity contribution is 0.144. The summed E-state index contributed by atoms with van der Waals surface area (Å²) in [5.41, 5.74) is 6.29. The molecule has 0 spiro atoms. The van der Waals surface area contributed by atoms with Crippen LogP contribution >= 0.6 is 0 Å². The molecule has 0 saturated heterocycles. The second-order valence-corrected chi connectivity index (χ2v) is 7.53. The van der Waals surface area contributed by atoms with Gasteiger partial charge in [-0.3, -0.25) is 0 Å². The van der Waals surface area contributed by atoms with Crippen molar-refractivity contribution in [2.75, 3.05) is 0 Å². The van der Waals surface area contributed by atoms with Gasteiger partial charge in [0.15, 0.2) is 0 Å². The molecule has 0 amide bonds. The van der Waals surface area contributed by atoms with Crippen molar-refractivity contribution in [3.05, 3.63) is 77.9 Å². The molecule has 1 N–H and O–H groups in total. The second-order valence-electron chi connectivity index (χ2n) is 7.53. The van der Waals surface area contributed by atoms with Crippen molar-refractivity contribution >= 4 is 6.16 Å². The van der Waals surface area contributed by atoms with Crippen molar-refractivity contribution in [3.8, 4) is 28.0 Å². The van der Waals surface area contributed by atoms with Crippen molar-refractivity contribution in [1.82, 2.24) is 0 Å². The summed E-state index contributed by atoms with van der Waals surface area (Å²) in [4.78, 5) is 11.4. The molecule has 0 fully saturated rings. The van der Waals surface area contributed by atoms with Crippen LogP contribution in [0.25, 0.3) is 22.3 Å². The largest absolute Gasteiger partial charge is 0.511 e. The summed E-state index contributed by atoms with van der Waals surface area (Å²) in [5, 5.41) is 9.30. The Bertz CT molecular complexity index is 987. The van der Waals surface area contributed by atoms with Gasteiger partial charge in [-0.2, -0.15) is 0 Å². The summed E-state index contributed by atoms with van der Waals surface area (Å²) in [6.45, 7) is 8.61. The zero-order valence-electron chi connectivity index (χ0n) is 16.8. The van der Waals surface area contributed by atoms with Crippen LogP contribution in [0.2, 0.25) is 0 Å². The van der Waals surface area contributed by atoms with Crippen molar-refractivity contribution in [2.45, 2.75) is 39.5 Å². The number of benzene rings is 3. The Kier molecular flexibility index (Phi) is 5.84. The van der Waals surface area contributed by atoms with Gasteiger partial charge in [-0.1, -0.05) is 88.4 Å². The predicted octanol–water partition coefficient (Wildman–Crippen LogP) is 7.32. The van der Waals surface area contributed by atoms with Gasteiger partial charge < -0.3 is 9.84 Å². The highest BCUT2D eigenvalue weighted by Gasteiger charge is 2.21. The standard InChI is InChI=1S/C25H26O3/c1-16(2)18-10-5-7-12-20(18)22-14-9-15-23(28-25(26)27)24(22)21-13-8-6-11-19(21)17(3)4/h5-17H,1-4H3,(H,26,27). The fourth-order valence-electron chi connectivity index (χ4n) is 3.69. The van der Waals surface area contributed by atoms with E-state index in [4.69, 9.17) is 4.74 Å². The molecule has 0 bridgehead atoms. The monoisotopic (exact) mass is 374 g/mol. The molecular formula is C25H26O3. The van der Waals surface area contributed by atoms with Gasteiger partial charge in [0.25, 0.3) is 0 Å². The molecule has 0 radical (unpaired) electrons. The molecule has 3 heteroatoms. The van der Waals surface area contributed by atoms with Crippen LogP contribution in [0.1, 0.15) is 50.7 Å². The van der Waals surface area contributed by atoms with Crippen LogP contribution in [0.5, 0.6) is 5.75 Å². The van der Waals surface area contributed by atoms with E-state index >= 15 is 0 Å². The van der Waals surface area contributed by atoms with E-state index in [2.05, 4.69) is 45.9 Å². The Morgan fingerprint density at radius 2 is 1.21 bits per heavy atom. The number of ether oxygens (including phenoxy) is 1. The first-order chi connectivity index (χ1) is 13.4. The fraction of sp³-hybridized carbons (Fsp3) is 0.240. The maximum absolute atomic E-state index is 11.4. The first-order valence-corrected chi connectivity index (χ1v) is 9.62. The lowest BCUT2D eigenvalue weighted by Gasteiger charge is -2.21. The zero-order valence-corrected chi connectivity index (χ0v) is 16.8. The zero-order chi connectivity index (χ0) is 20.3. The van der Waals surface area contributed by atoms with Crippen LogP contribution in [0.4, 0.5) is 4.79 Å². The highest BCUT2D eigenvalue weighted by Crippen LogP contribution is 2.44. The summed E-state index contributed by atoms with van der Waals surface area (Å²) in [6, 6.07) is 22.0. The molecule has 144 valence electrons.